The average Bonchev–Trinajstić information content (AvgIpc) is 3.33. The van der Waals surface area contributed by atoms with Crippen LogP contribution in [0.3, 0.4) is 0 Å². The van der Waals surface area contributed by atoms with Gasteiger partial charge in [0, 0.05) is 44.4 Å². The van der Waals surface area contributed by atoms with Crippen molar-refractivity contribution in [3.8, 4) is 0 Å². The van der Waals surface area contributed by atoms with Crippen LogP contribution in [-0.2, 0) is 11.3 Å². The highest BCUT2D eigenvalue weighted by Gasteiger charge is 2.34. The maximum Gasteiger partial charge on any atom is 0.254 e. The van der Waals surface area contributed by atoms with E-state index in [0.29, 0.717) is 56.2 Å². The van der Waals surface area contributed by atoms with Crippen molar-refractivity contribution in [1.29, 1.82) is 0 Å². The van der Waals surface area contributed by atoms with Crippen molar-refractivity contribution in [2.75, 3.05) is 19.6 Å². The quantitative estimate of drug-likeness (QED) is 0.680. The zero-order valence-corrected chi connectivity index (χ0v) is 17.9. The maximum atomic E-state index is 13.3. The van der Waals surface area contributed by atoms with Gasteiger partial charge in [0.15, 0.2) is 5.82 Å². The first-order chi connectivity index (χ1) is 15.0. The summed E-state index contributed by atoms with van der Waals surface area (Å²) in [7, 11) is 0. The summed E-state index contributed by atoms with van der Waals surface area (Å²) in [4.78, 5) is 34.4. The molecule has 162 valence electrons. The van der Waals surface area contributed by atoms with Gasteiger partial charge in [-0.15, -0.1) is 0 Å². The molecule has 3 aromatic rings. The first-order valence-corrected chi connectivity index (χ1v) is 10.5. The fourth-order valence-corrected chi connectivity index (χ4v) is 3.89. The number of aryl methyl sites for hydroxylation is 3. The molecule has 0 spiro atoms. The second-order valence-electron chi connectivity index (χ2n) is 7.88. The molecule has 2 amide bonds. The standard InChI is InChI=1S/C22H27N7O2/c1-16-13-23-28(14-16)12-9-20(30)27-10-6-11-29(22(31)18-7-4-3-5-8-18)19(15-27)21-24-17(2)25-26-21/h3-5,7-8,13-14,19H,6,9-12,15H2,1-2H3,(H,24,25,26). The molecule has 1 saturated heterocycles. The van der Waals surface area contributed by atoms with Gasteiger partial charge in [-0.1, -0.05) is 18.2 Å². The number of aromatic nitrogens is 5. The maximum absolute atomic E-state index is 13.3. The van der Waals surface area contributed by atoms with E-state index in [1.807, 2.05) is 55.3 Å². The third-order valence-electron chi connectivity index (χ3n) is 5.46. The fourth-order valence-electron chi connectivity index (χ4n) is 3.89. The van der Waals surface area contributed by atoms with Crippen LogP contribution in [-0.4, -0.2) is 66.2 Å². The molecule has 3 heterocycles. The van der Waals surface area contributed by atoms with Crippen molar-refractivity contribution >= 4 is 11.8 Å². The van der Waals surface area contributed by atoms with Gasteiger partial charge in [0.1, 0.15) is 11.9 Å². The van der Waals surface area contributed by atoms with Crippen LogP contribution in [0, 0.1) is 13.8 Å². The SMILES string of the molecule is Cc1cnn(CCC(=O)N2CCCN(C(=O)c3ccccc3)C(c3n[nH]c(C)n3)C2)c1. The van der Waals surface area contributed by atoms with E-state index in [4.69, 9.17) is 0 Å². The summed E-state index contributed by atoms with van der Waals surface area (Å²) in [6, 6.07) is 8.80. The summed E-state index contributed by atoms with van der Waals surface area (Å²) in [6.45, 7) is 5.82. The number of aromatic amines is 1. The van der Waals surface area contributed by atoms with E-state index in [0.717, 1.165) is 5.56 Å². The van der Waals surface area contributed by atoms with Crippen LogP contribution in [0.25, 0.3) is 0 Å². The van der Waals surface area contributed by atoms with Gasteiger partial charge >= 0.3 is 0 Å². The summed E-state index contributed by atoms with van der Waals surface area (Å²) in [5.74, 6) is 1.18. The second kappa shape index (κ2) is 9.11. The Balaban J connectivity index is 1.53. The minimum Gasteiger partial charge on any atom is -0.340 e. The van der Waals surface area contributed by atoms with E-state index in [1.54, 1.807) is 15.8 Å². The van der Waals surface area contributed by atoms with Gasteiger partial charge in [-0.2, -0.15) is 10.2 Å². The van der Waals surface area contributed by atoms with Crippen molar-refractivity contribution in [2.45, 2.75) is 39.3 Å². The number of nitrogens with one attached hydrogen (secondary N) is 1. The van der Waals surface area contributed by atoms with Gasteiger partial charge < -0.3 is 9.80 Å². The van der Waals surface area contributed by atoms with Crippen molar-refractivity contribution in [1.82, 2.24) is 34.8 Å². The lowest BCUT2D eigenvalue weighted by molar-refractivity contribution is -0.131. The number of hydrogen-bond donors (Lipinski definition) is 1. The Labute approximate surface area is 181 Å². The molecule has 1 aliphatic heterocycles. The topological polar surface area (TPSA) is 100 Å². The summed E-state index contributed by atoms with van der Waals surface area (Å²) in [6.07, 6.45) is 4.76. The summed E-state index contributed by atoms with van der Waals surface area (Å²) >= 11 is 0. The van der Waals surface area contributed by atoms with Gasteiger partial charge in [-0.25, -0.2) is 4.98 Å². The smallest absolute Gasteiger partial charge is 0.254 e. The zero-order chi connectivity index (χ0) is 21.8. The highest BCUT2D eigenvalue weighted by molar-refractivity contribution is 5.94. The summed E-state index contributed by atoms with van der Waals surface area (Å²) < 4.78 is 1.78. The number of hydrogen-bond acceptors (Lipinski definition) is 5. The fraction of sp³-hybridized carbons (Fsp3) is 0.409. The molecule has 0 radical (unpaired) electrons. The van der Waals surface area contributed by atoms with Crippen LogP contribution in [0.15, 0.2) is 42.7 Å². The molecule has 1 N–H and O–H groups in total. The van der Waals surface area contributed by atoms with Crippen LogP contribution in [0.2, 0.25) is 0 Å². The number of carbonyl (C=O) groups is 2. The van der Waals surface area contributed by atoms with Crippen LogP contribution in [0.1, 0.15) is 46.5 Å². The van der Waals surface area contributed by atoms with Crippen molar-refractivity contribution < 1.29 is 9.59 Å². The lowest BCUT2D eigenvalue weighted by Gasteiger charge is -2.30. The summed E-state index contributed by atoms with van der Waals surface area (Å²) in [5.41, 5.74) is 1.69. The third-order valence-corrected chi connectivity index (χ3v) is 5.46. The van der Waals surface area contributed by atoms with Gasteiger partial charge in [0.2, 0.25) is 5.91 Å². The number of carbonyl (C=O) groups excluding carboxylic acids is 2. The summed E-state index contributed by atoms with van der Waals surface area (Å²) in [5, 5.41) is 11.4. The second-order valence-corrected chi connectivity index (χ2v) is 7.88. The minimum absolute atomic E-state index is 0.0411. The van der Waals surface area contributed by atoms with E-state index < -0.39 is 6.04 Å². The molecular formula is C22H27N7O2. The molecule has 1 atom stereocenters. The van der Waals surface area contributed by atoms with E-state index in [1.165, 1.54) is 0 Å². The van der Waals surface area contributed by atoms with Crippen molar-refractivity contribution in [3.63, 3.8) is 0 Å². The highest BCUT2D eigenvalue weighted by atomic mass is 16.2. The van der Waals surface area contributed by atoms with Gasteiger partial charge in [-0.05, 0) is 38.0 Å². The molecule has 9 heteroatoms. The first kappa shape index (κ1) is 20.8. The van der Waals surface area contributed by atoms with Crippen LogP contribution >= 0.6 is 0 Å². The molecule has 4 rings (SSSR count). The molecule has 2 aromatic heterocycles. The van der Waals surface area contributed by atoms with Crippen LogP contribution in [0.5, 0.6) is 0 Å². The third kappa shape index (κ3) is 4.82. The zero-order valence-electron chi connectivity index (χ0n) is 17.9. The Kier molecular flexibility index (Phi) is 6.11. The molecule has 1 aromatic carbocycles. The molecule has 1 aliphatic rings. The Bertz CT molecular complexity index is 1040. The van der Waals surface area contributed by atoms with Gasteiger partial charge in [0.05, 0.1) is 6.20 Å². The average molecular weight is 422 g/mol. The molecule has 1 fully saturated rings. The molecular weight excluding hydrogens is 394 g/mol. The van der Waals surface area contributed by atoms with E-state index in [2.05, 4.69) is 20.3 Å². The number of amides is 2. The number of benzene rings is 1. The van der Waals surface area contributed by atoms with Crippen molar-refractivity contribution in [2.24, 2.45) is 0 Å². The van der Waals surface area contributed by atoms with Gasteiger partial charge in [0.25, 0.3) is 5.91 Å². The Morgan fingerprint density at radius 2 is 1.97 bits per heavy atom. The normalized spacial score (nSPS) is 16.9. The predicted molar refractivity (Wildman–Crippen MR) is 114 cm³/mol. The molecule has 0 aliphatic carbocycles. The monoisotopic (exact) mass is 421 g/mol. The lowest BCUT2D eigenvalue weighted by Crippen LogP contribution is -2.41. The number of H-pyrrole nitrogens is 1. The Morgan fingerprint density at radius 1 is 1.16 bits per heavy atom. The van der Waals surface area contributed by atoms with Crippen LogP contribution < -0.4 is 0 Å². The number of rotatable bonds is 5. The number of nitrogens with zero attached hydrogens (tertiary/aromatic N) is 6. The Morgan fingerprint density at radius 3 is 2.65 bits per heavy atom. The molecule has 0 bridgehead atoms. The minimum atomic E-state index is -0.406. The molecule has 31 heavy (non-hydrogen) atoms. The largest absolute Gasteiger partial charge is 0.340 e. The Hall–Kier alpha value is -3.49. The van der Waals surface area contributed by atoms with Crippen molar-refractivity contribution in [3.05, 3.63) is 65.5 Å². The van der Waals surface area contributed by atoms with E-state index in [9.17, 15) is 9.59 Å². The lowest BCUT2D eigenvalue weighted by atomic mass is 10.1. The van der Waals surface area contributed by atoms with Crippen LogP contribution in [0.4, 0.5) is 0 Å². The molecule has 0 saturated carbocycles. The first-order valence-electron chi connectivity index (χ1n) is 10.5. The van der Waals surface area contributed by atoms with E-state index in [-0.39, 0.29) is 11.8 Å². The van der Waals surface area contributed by atoms with E-state index >= 15 is 0 Å². The predicted octanol–water partition coefficient (Wildman–Crippen LogP) is 2.12. The molecule has 9 nitrogen and oxygen atoms in total. The molecule has 1 unspecified atom stereocenters. The highest BCUT2D eigenvalue weighted by Crippen LogP contribution is 2.25. The van der Waals surface area contributed by atoms with Gasteiger partial charge in [-0.3, -0.25) is 19.4 Å².